The molecule has 1 aromatic carbocycles. The molecule has 0 aliphatic carbocycles. The van der Waals surface area contributed by atoms with Crippen LogP contribution < -0.4 is 10.1 Å². The van der Waals surface area contributed by atoms with E-state index in [1.165, 1.54) is 10.4 Å². The molecule has 0 fully saturated rings. The van der Waals surface area contributed by atoms with E-state index in [9.17, 15) is 0 Å². The van der Waals surface area contributed by atoms with E-state index in [1.54, 1.807) is 11.3 Å². The summed E-state index contributed by atoms with van der Waals surface area (Å²) in [5, 5.41) is 5.53. The second kappa shape index (κ2) is 9.20. The van der Waals surface area contributed by atoms with E-state index in [1.807, 2.05) is 26.1 Å². The molecule has 2 rings (SSSR count). The molecule has 2 aromatic rings. The van der Waals surface area contributed by atoms with Gasteiger partial charge in [0.2, 0.25) is 0 Å². The minimum absolute atomic E-state index is 0.685. The van der Waals surface area contributed by atoms with Crippen LogP contribution in [-0.2, 0) is 13.0 Å². The number of benzene rings is 1. The summed E-state index contributed by atoms with van der Waals surface area (Å²) in [5.41, 5.74) is 1.18. The Morgan fingerprint density at radius 3 is 2.87 bits per heavy atom. The van der Waals surface area contributed by atoms with Gasteiger partial charge < -0.3 is 15.0 Å². The number of hydrogen-bond acceptors (Lipinski definition) is 3. The van der Waals surface area contributed by atoms with Crippen molar-refractivity contribution in [3.8, 4) is 5.75 Å². The van der Waals surface area contributed by atoms with Crippen molar-refractivity contribution in [2.24, 2.45) is 4.99 Å². The molecule has 4 nitrogen and oxygen atoms in total. The number of hydrogen-bond donors (Lipinski definition) is 1. The Morgan fingerprint density at radius 1 is 1.30 bits per heavy atom. The van der Waals surface area contributed by atoms with Crippen molar-refractivity contribution >= 4 is 17.3 Å². The molecule has 124 valence electrons. The molecule has 0 radical (unpaired) electrons. The summed E-state index contributed by atoms with van der Waals surface area (Å²) in [6.45, 7) is 4.36. The quantitative estimate of drug-likeness (QED) is 0.624. The van der Waals surface area contributed by atoms with Gasteiger partial charge in [0.15, 0.2) is 5.96 Å². The fraction of sp³-hybridized carbons (Fsp3) is 0.389. The first-order valence-electron chi connectivity index (χ1n) is 7.88. The van der Waals surface area contributed by atoms with Crippen LogP contribution in [0, 0.1) is 0 Å². The summed E-state index contributed by atoms with van der Waals surface area (Å²) in [5.74, 6) is 1.82. The van der Waals surface area contributed by atoms with Crippen molar-refractivity contribution in [2.45, 2.75) is 19.9 Å². The zero-order chi connectivity index (χ0) is 16.5. The summed E-state index contributed by atoms with van der Waals surface area (Å²) in [7, 11) is 3.89. The third-order valence-electron chi connectivity index (χ3n) is 3.51. The molecule has 0 amide bonds. The van der Waals surface area contributed by atoms with Gasteiger partial charge in [-0.3, -0.25) is 4.99 Å². The lowest BCUT2D eigenvalue weighted by Gasteiger charge is -2.22. The van der Waals surface area contributed by atoms with E-state index in [-0.39, 0.29) is 0 Å². The number of nitrogens with one attached hydrogen (secondary N) is 1. The molecule has 0 saturated carbocycles. The lowest BCUT2D eigenvalue weighted by molar-refractivity contribution is 0.340. The molecule has 23 heavy (non-hydrogen) atoms. The monoisotopic (exact) mass is 331 g/mol. The first-order valence-corrected chi connectivity index (χ1v) is 8.76. The number of rotatable bonds is 7. The Balaban J connectivity index is 1.85. The Hall–Kier alpha value is -2.01. The molecular weight excluding hydrogens is 306 g/mol. The molecule has 5 heteroatoms. The summed E-state index contributed by atoms with van der Waals surface area (Å²) in [6, 6.07) is 12.4. The molecule has 0 bridgehead atoms. The van der Waals surface area contributed by atoms with Gasteiger partial charge in [0, 0.05) is 32.1 Å². The van der Waals surface area contributed by atoms with Gasteiger partial charge in [0.25, 0.3) is 0 Å². The number of guanidine groups is 1. The Bertz CT molecular complexity index is 610. The van der Waals surface area contributed by atoms with E-state index in [2.05, 4.69) is 51.9 Å². The van der Waals surface area contributed by atoms with Crippen molar-refractivity contribution in [3.05, 3.63) is 52.2 Å². The third kappa shape index (κ3) is 5.60. The van der Waals surface area contributed by atoms with Crippen molar-refractivity contribution in [1.29, 1.82) is 0 Å². The van der Waals surface area contributed by atoms with Crippen LogP contribution in [0.15, 0.2) is 46.8 Å². The molecule has 1 heterocycles. The smallest absolute Gasteiger partial charge is 0.193 e. The number of aliphatic imine (C=N–C) groups is 1. The Morgan fingerprint density at radius 2 is 2.17 bits per heavy atom. The number of nitrogens with zero attached hydrogens (tertiary/aromatic N) is 2. The summed E-state index contributed by atoms with van der Waals surface area (Å²) >= 11 is 1.80. The average molecular weight is 331 g/mol. The fourth-order valence-electron chi connectivity index (χ4n) is 2.32. The first-order chi connectivity index (χ1) is 11.2. The molecule has 0 spiro atoms. The van der Waals surface area contributed by atoms with Gasteiger partial charge in [0.05, 0.1) is 6.61 Å². The van der Waals surface area contributed by atoms with Crippen molar-refractivity contribution in [2.75, 3.05) is 27.2 Å². The molecule has 0 atom stereocenters. The summed E-state index contributed by atoms with van der Waals surface area (Å²) in [4.78, 5) is 7.92. The van der Waals surface area contributed by atoms with E-state index in [4.69, 9.17) is 4.74 Å². The van der Waals surface area contributed by atoms with Crippen molar-refractivity contribution < 1.29 is 4.74 Å². The Labute approximate surface area is 142 Å². The molecule has 0 aliphatic rings. The fourth-order valence-corrected chi connectivity index (χ4v) is 3.01. The van der Waals surface area contributed by atoms with Gasteiger partial charge in [-0.05, 0) is 42.5 Å². The van der Waals surface area contributed by atoms with Gasteiger partial charge in [-0.15, -0.1) is 11.3 Å². The van der Waals surface area contributed by atoms with Gasteiger partial charge >= 0.3 is 0 Å². The van der Waals surface area contributed by atoms with Crippen LogP contribution in [-0.4, -0.2) is 38.1 Å². The average Bonchev–Trinajstić information content (AvgIpc) is 3.07. The largest absolute Gasteiger partial charge is 0.494 e. The predicted octanol–water partition coefficient (Wildman–Crippen LogP) is 3.40. The second-order valence-electron chi connectivity index (χ2n) is 5.23. The number of likely N-dealkylation sites (N-methyl/N-ethyl adjacent to an activating group) is 1. The highest BCUT2D eigenvalue weighted by atomic mass is 32.1. The predicted molar refractivity (Wildman–Crippen MR) is 98.5 cm³/mol. The third-order valence-corrected chi connectivity index (χ3v) is 4.44. The van der Waals surface area contributed by atoms with E-state index >= 15 is 0 Å². The van der Waals surface area contributed by atoms with Gasteiger partial charge in [-0.25, -0.2) is 0 Å². The zero-order valence-electron chi connectivity index (χ0n) is 14.1. The minimum atomic E-state index is 0.685. The van der Waals surface area contributed by atoms with Crippen LogP contribution >= 0.6 is 11.3 Å². The highest BCUT2D eigenvalue weighted by Gasteiger charge is 2.06. The maximum Gasteiger partial charge on any atom is 0.193 e. The topological polar surface area (TPSA) is 36.9 Å². The molecular formula is C18H25N3OS. The van der Waals surface area contributed by atoms with Crippen LogP contribution in [0.5, 0.6) is 5.75 Å². The molecule has 1 N–H and O–H groups in total. The standard InChI is InChI=1S/C18H25N3OS/c1-4-22-16-8-5-7-15(13-16)14-20-18(19-2)21(3)11-10-17-9-6-12-23-17/h5-9,12-13H,4,10-11,14H2,1-3H3,(H,19,20). The molecule has 0 unspecified atom stereocenters. The van der Waals surface area contributed by atoms with Crippen LogP contribution in [0.1, 0.15) is 17.4 Å². The minimum Gasteiger partial charge on any atom is -0.494 e. The lowest BCUT2D eigenvalue weighted by atomic mass is 10.2. The molecule has 0 aliphatic heterocycles. The highest BCUT2D eigenvalue weighted by molar-refractivity contribution is 7.09. The molecule has 1 aromatic heterocycles. The van der Waals surface area contributed by atoms with Crippen LogP contribution in [0.3, 0.4) is 0 Å². The SMILES string of the molecule is CCOc1cccc(CNC(=NC)N(C)CCc2cccs2)c1. The summed E-state index contributed by atoms with van der Waals surface area (Å²) < 4.78 is 5.54. The maximum absolute atomic E-state index is 5.54. The maximum atomic E-state index is 5.54. The number of thiophene rings is 1. The van der Waals surface area contributed by atoms with Crippen LogP contribution in [0.4, 0.5) is 0 Å². The second-order valence-corrected chi connectivity index (χ2v) is 6.26. The molecule has 0 saturated heterocycles. The lowest BCUT2D eigenvalue weighted by Crippen LogP contribution is -2.39. The van der Waals surface area contributed by atoms with Gasteiger partial charge in [-0.1, -0.05) is 18.2 Å². The number of ether oxygens (including phenoxy) is 1. The summed E-state index contributed by atoms with van der Waals surface area (Å²) in [6.07, 6.45) is 1.04. The van der Waals surface area contributed by atoms with Crippen LogP contribution in [0.2, 0.25) is 0 Å². The first kappa shape index (κ1) is 17.3. The van der Waals surface area contributed by atoms with E-state index < -0.39 is 0 Å². The van der Waals surface area contributed by atoms with Crippen molar-refractivity contribution in [3.63, 3.8) is 0 Å². The Kier molecular flexibility index (Phi) is 6.94. The van der Waals surface area contributed by atoms with E-state index in [0.717, 1.165) is 31.2 Å². The highest BCUT2D eigenvalue weighted by Crippen LogP contribution is 2.13. The van der Waals surface area contributed by atoms with Gasteiger partial charge in [0.1, 0.15) is 5.75 Å². The van der Waals surface area contributed by atoms with Gasteiger partial charge in [-0.2, -0.15) is 0 Å². The zero-order valence-corrected chi connectivity index (χ0v) is 14.9. The normalized spacial score (nSPS) is 11.3. The van der Waals surface area contributed by atoms with Crippen LogP contribution in [0.25, 0.3) is 0 Å². The van der Waals surface area contributed by atoms with E-state index in [0.29, 0.717) is 6.61 Å². The van der Waals surface area contributed by atoms with Crippen molar-refractivity contribution in [1.82, 2.24) is 10.2 Å².